The van der Waals surface area contributed by atoms with E-state index in [-0.39, 0.29) is 11.4 Å². The van der Waals surface area contributed by atoms with Crippen molar-refractivity contribution in [1.29, 1.82) is 0 Å². The fourth-order valence-electron chi connectivity index (χ4n) is 1.36. The Balaban J connectivity index is 2.24. The number of rotatable bonds is 2. The highest BCUT2D eigenvalue weighted by Crippen LogP contribution is 2.22. The van der Waals surface area contributed by atoms with Crippen LogP contribution in [0.15, 0.2) is 41.0 Å². The SMILES string of the molecule is Nc1cnc(NC(=O)c2ccccc2F)c(Br)c1. The van der Waals surface area contributed by atoms with Gasteiger partial charge in [-0.3, -0.25) is 4.79 Å². The number of anilines is 2. The molecule has 2 rings (SSSR count). The fraction of sp³-hybridized carbons (Fsp3) is 0. The average Bonchev–Trinajstić information content (AvgIpc) is 2.33. The molecule has 0 atom stereocenters. The molecule has 0 bridgehead atoms. The Morgan fingerprint density at radius 3 is 2.78 bits per heavy atom. The van der Waals surface area contributed by atoms with E-state index in [1.165, 1.54) is 24.4 Å². The normalized spacial score (nSPS) is 10.1. The minimum atomic E-state index is -0.582. The van der Waals surface area contributed by atoms with Crippen LogP contribution >= 0.6 is 15.9 Å². The van der Waals surface area contributed by atoms with Gasteiger partial charge in [0.15, 0.2) is 0 Å². The third kappa shape index (κ3) is 2.65. The molecule has 0 fully saturated rings. The Morgan fingerprint density at radius 2 is 2.11 bits per heavy atom. The number of nitrogen functional groups attached to an aromatic ring is 1. The van der Waals surface area contributed by atoms with Gasteiger partial charge in [-0.25, -0.2) is 9.37 Å². The summed E-state index contributed by atoms with van der Waals surface area (Å²) < 4.78 is 13.9. The van der Waals surface area contributed by atoms with Gasteiger partial charge in [0.1, 0.15) is 11.6 Å². The van der Waals surface area contributed by atoms with Crippen LogP contribution in [0, 0.1) is 5.82 Å². The van der Waals surface area contributed by atoms with Crippen molar-refractivity contribution in [2.75, 3.05) is 11.1 Å². The van der Waals surface area contributed by atoms with Gasteiger partial charge in [-0.15, -0.1) is 0 Å². The number of halogens is 2. The number of benzene rings is 1. The van der Waals surface area contributed by atoms with Crippen molar-refractivity contribution in [2.24, 2.45) is 0 Å². The molecule has 1 amide bonds. The summed E-state index contributed by atoms with van der Waals surface area (Å²) in [6.45, 7) is 0. The Morgan fingerprint density at radius 1 is 1.39 bits per heavy atom. The van der Waals surface area contributed by atoms with Crippen LogP contribution < -0.4 is 11.1 Å². The Bertz CT molecular complexity index is 604. The number of hydrogen-bond acceptors (Lipinski definition) is 3. The second-order valence-electron chi connectivity index (χ2n) is 3.53. The Labute approximate surface area is 111 Å². The number of nitrogens with two attached hydrogens (primary N) is 1. The van der Waals surface area contributed by atoms with Gasteiger partial charge in [-0.2, -0.15) is 0 Å². The minimum Gasteiger partial charge on any atom is -0.397 e. The smallest absolute Gasteiger partial charge is 0.259 e. The molecule has 4 nitrogen and oxygen atoms in total. The quantitative estimate of drug-likeness (QED) is 0.896. The molecule has 0 aliphatic heterocycles. The summed E-state index contributed by atoms with van der Waals surface area (Å²) in [6.07, 6.45) is 1.40. The number of aromatic nitrogens is 1. The van der Waals surface area contributed by atoms with Gasteiger partial charge < -0.3 is 11.1 Å². The zero-order valence-corrected chi connectivity index (χ0v) is 10.7. The second-order valence-corrected chi connectivity index (χ2v) is 4.39. The van der Waals surface area contributed by atoms with E-state index in [9.17, 15) is 9.18 Å². The number of hydrogen-bond donors (Lipinski definition) is 2. The van der Waals surface area contributed by atoms with Crippen LogP contribution in [-0.4, -0.2) is 10.9 Å². The molecule has 1 aromatic heterocycles. The van der Waals surface area contributed by atoms with Crippen LogP contribution in [0.2, 0.25) is 0 Å². The predicted molar refractivity (Wildman–Crippen MR) is 70.7 cm³/mol. The molecule has 3 N–H and O–H groups in total. The second kappa shape index (κ2) is 5.14. The molecule has 0 radical (unpaired) electrons. The first kappa shape index (κ1) is 12.5. The number of carbonyl (C=O) groups excluding carboxylic acids is 1. The molecular formula is C12H9BrFN3O. The lowest BCUT2D eigenvalue weighted by Crippen LogP contribution is -2.15. The van der Waals surface area contributed by atoms with Crippen molar-refractivity contribution in [2.45, 2.75) is 0 Å². The van der Waals surface area contributed by atoms with Gasteiger partial charge >= 0.3 is 0 Å². The van der Waals surface area contributed by atoms with Crippen molar-refractivity contribution in [1.82, 2.24) is 4.98 Å². The van der Waals surface area contributed by atoms with E-state index in [4.69, 9.17) is 5.73 Å². The zero-order chi connectivity index (χ0) is 13.1. The number of pyridine rings is 1. The molecule has 0 saturated heterocycles. The first-order chi connectivity index (χ1) is 8.58. The molecule has 92 valence electrons. The lowest BCUT2D eigenvalue weighted by molar-refractivity contribution is 0.102. The van der Waals surface area contributed by atoms with Gasteiger partial charge in [0.2, 0.25) is 0 Å². The lowest BCUT2D eigenvalue weighted by Gasteiger charge is -2.07. The van der Waals surface area contributed by atoms with Gasteiger partial charge in [-0.1, -0.05) is 12.1 Å². The molecule has 1 heterocycles. The average molecular weight is 310 g/mol. The molecule has 6 heteroatoms. The van der Waals surface area contributed by atoms with E-state index in [1.54, 1.807) is 12.1 Å². The summed E-state index contributed by atoms with van der Waals surface area (Å²) in [4.78, 5) is 15.8. The van der Waals surface area contributed by atoms with Crippen LogP contribution in [0.25, 0.3) is 0 Å². The topological polar surface area (TPSA) is 68.0 Å². The van der Waals surface area contributed by atoms with Gasteiger partial charge in [0.05, 0.1) is 21.9 Å². The zero-order valence-electron chi connectivity index (χ0n) is 9.15. The maximum absolute atomic E-state index is 13.4. The molecular weight excluding hydrogens is 301 g/mol. The maximum Gasteiger partial charge on any atom is 0.259 e. The largest absolute Gasteiger partial charge is 0.397 e. The Hall–Kier alpha value is -1.95. The first-order valence-electron chi connectivity index (χ1n) is 5.05. The molecule has 0 aliphatic rings. The van der Waals surface area contributed by atoms with E-state index in [0.717, 1.165) is 0 Å². The maximum atomic E-state index is 13.4. The number of nitrogens with one attached hydrogen (secondary N) is 1. The van der Waals surface area contributed by atoms with Crippen molar-refractivity contribution in [3.63, 3.8) is 0 Å². The standard InChI is InChI=1S/C12H9BrFN3O/c13-9-5-7(15)6-16-11(9)17-12(18)8-3-1-2-4-10(8)14/h1-6H,15H2,(H,16,17,18). The highest BCUT2D eigenvalue weighted by atomic mass is 79.9. The molecule has 0 unspecified atom stereocenters. The number of amides is 1. The van der Waals surface area contributed by atoms with E-state index in [1.807, 2.05) is 0 Å². The third-order valence-electron chi connectivity index (χ3n) is 2.21. The van der Waals surface area contributed by atoms with Crippen LogP contribution in [-0.2, 0) is 0 Å². The van der Waals surface area contributed by atoms with Gasteiger partial charge in [0, 0.05) is 0 Å². The van der Waals surface area contributed by atoms with Crippen molar-refractivity contribution < 1.29 is 9.18 Å². The van der Waals surface area contributed by atoms with Crippen LogP contribution in [0.5, 0.6) is 0 Å². The lowest BCUT2D eigenvalue weighted by atomic mass is 10.2. The van der Waals surface area contributed by atoms with Crippen LogP contribution in [0.4, 0.5) is 15.9 Å². The van der Waals surface area contributed by atoms with E-state index in [0.29, 0.717) is 10.2 Å². The summed E-state index contributed by atoms with van der Waals surface area (Å²) in [5.41, 5.74) is 5.95. The molecule has 0 aliphatic carbocycles. The minimum absolute atomic E-state index is 0.0389. The van der Waals surface area contributed by atoms with Gasteiger partial charge in [0.25, 0.3) is 5.91 Å². The van der Waals surface area contributed by atoms with Crippen LogP contribution in [0.3, 0.4) is 0 Å². The first-order valence-corrected chi connectivity index (χ1v) is 5.84. The number of carbonyl (C=O) groups is 1. The van der Waals surface area contributed by atoms with Crippen molar-refractivity contribution >= 4 is 33.3 Å². The van der Waals surface area contributed by atoms with Crippen molar-refractivity contribution in [3.8, 4) is 0 Å². The van der Waals surface area contributed by atoms with E-state index in [2.05, 4.69) is 26.2 Å². The molecule has 0 spiro atoms. The summed E-state index contributed by atoms with van der Waals surface area (Å²) in [7, 11) is 0. The fourth-order valence-corrected chi connectivity index (χ4v) is 1.83. The highest BCUT2D eigenvalue weighted by Gasteiger charge is 2.13. The molecule has 18 heavy (non-hydrogen) atoms. The third-order valence-corrected chi connectivity index (χ3v) is 2.82. The monoisotopic (exact) mass is 309 g/mol. The predicted octanol–water partition coefficient (Wildman–Crippen LogP) is 2.82. The van der Waals surface area contributed by atoms with Gasteiger partial charge in [-0.05, 0) is 34.1 Å². The summed E-state index contributed by atoms with van der Waals surface area (Å²) in [6, 6.07) is 7.33. The van der Waals surface area contributed by atoms with E-state index >= 15 is 0 Å². The molecule has 2 aromatic rings. The summed E-state index contributed by atoms with van der Waals surface area (Å²) in [5, 5.41) is 2.50. The van der Waals surface area contributed by atoms with E-state index < -0.39 is 11.7 Å². The highest BCUT2D eigenvalue weighted by molar-refractivity contribution is 9.10. The molecule has 0 saturated carbocycles. The number of nitrogens with zero attached hydrogens (tertiary/aromatic N) is 1. The summed E-state index contributed by atoms with van der Waals surface area (Å²) >= 11 is 3.22. The summed E-state index contributed by atoms with van der Waals surface area (Å²) in [5.74, 6) is -0.856. The Kier molecular flexibility index (Phi) is 3.57. The molecule has 1 aromatic carbocycles. The van der Waals surface area contributed by atoms with Crippen molar-refractivity contribution in [3.05, 3.63) is 52.4 Å². The van der Waals surface area contributed by atoms with Crippen LogP contribution in [0.1, 0.15) is 10.4 Å².